The van der Waals surface area contributed by atoms with E-state index in [0.29, 0.717) is 5.75 Å². The van der Waals surface area contributed by atoms with Crippen molar-refractivity contribution in [3.05, 3.63) is 29.3 Å². The Morgan fingerprint density at radius 3 is 2.67 bits per heavy atom. The van der Waals surface area contributed by atoms with Gasteiger partial charge in [-0.1, -0.05) is 19.9 Å². The first-order valence-electron chi connectivity index (χ1n) is 7.42. The first-order chi connectivity index (χ1) is 9.94. The molecule has 5 heteroatoms. The van der Waals surface area contributed by atoms with Crippen LogP contribution in [0.3, 0.4) is 0 Å². The minimum Gasteiger partial charge on any atom is -0.508 e. The monoisotopic (exact) mass is 308 g/mol. The molecule has 0 unspecified atom stereocenters. The molecule has 1 amide bonds. The van der Waals surface area contributed by atoms with Crippen LogP contribution in [0.4, 0.5) is 0 Å². The van der Waals surface area contributed by atoms with Crippen molar-refractivity contribution < 1.29 is 9.90 Å². The molecule has 2 rings (SSSR count). The third kappa shape index (κ3) is 2.90. The summed E-state index contributed by atoms with van der Waals surface area (Å²) in [5, 5.41) is 10.0. The van der Waals surface area contributed by atoms with Crippen molar-refractivity contribution in [3.8, 4) is 5.75 Å². The Hall–Kier alpha value is -1.20. The number of nitrogens with two attached hydrogens (primary N) is 2. The Morgan fingerprint density at radius 2 is 2.10 bits per heavy atom. The van der Waals surface area contributed by atoms with Gasteiger partial charge in [0.25, 0.3) is 0 Å². The van der Waals surface area contributed by atoms with Gasteiger partial charge in [-0.2, -0.15) is 0 Å². The Labute approximate surface area is 130 Å². The average molecular weight is 308 g/mol. The number of primary amides is 1. The van der Waals surface area contributed by atoms with E-state index in [1.807, 2.05) is 12.1 Å². The maximum atomic E-state index is 11.1. The topological polar surface area (TPSA) is 89.3 Å². The lowest BCUT2D eigenvalue weighted by Gasteiger charge is -2.47. The Kier molecular flexibility index (Phi) is 4.84. The second-order valence-corrected chi connectivity index (χ2v) is 6.98. The van der Waals surface area contributed by atoms with Crippen LogP contribution in [0.1, 0.15) is 37.8 Å². The summed E-state index contributed by atoms with van der Waals surface area (Å²) in [7, 11) is 0. The largest absolute Gasteiger partial charge is 0.508 e. The van der Waals surface area contributed by atoms with E-state index >= 15 is 0 Å². The summed E-state index contributed by atoms with van der Waals surface area (Å²) in [6.45, 7) is 4.27. The first kappa shape index (κ1) is 16.2. The molecular weight excluding hydrogens is 284 g/mol. The van der Waals surface area contributed by atoms with Crippen molar-refractivity contribution in [1.82, 2.24) is 0 Å². The minimum atomic E-state index is -0.303. The number of thioether (sulfide) groups is 1. The average Bonchev–Trinajstić information content (AvgIpc) is 2.46. The van der Waals surface area contributed by atoms with Crippen molar-refractivity contribution in [2.24, 2.45) is 11.5 Å². The Morgan fingerprint density at radius 1 is 1.43 bits per heavy atom. The van der Waals surface area contributed by atoms with E-state index in [9.17, 15) is 9.90 Å². The van der Waals surface area contributed by atoms with Gasteiger partial charge >= 0.3 is 0 Å². The van der Waals surface area contributed by atoms with Crippen LogP contribution in [0, 0.1) is 0 Å². The maximum Gasteiger partial charge on any atom is 0.227 e. The molecule has 0 fully saturated rings. The number of hydrogen-bond donors (Lipinski definition) is 3. The third-order valence-electron chi connectivity index (χ3n) is 4.79. The summed E-state index contributed by atoms with van der Waals surface area (Å²) < 4.78 is 0. The van der Waals surface area contributed by atoms with Crippen LogP contribution in [0.5, 0.6) is 5.75 Å². The number of benzene rings is 1. The Bertz CT molecular complexity index is 529. The predicted octanol–water partition coefficient (Wildman–Crippen LogP) is 1.92. The SMILES string of the molecule is CCC1(CC)c2cc(O)ccc2C[C@@H](SCC(N)=O)[C@@H]1N. The highest BCUT2D eigenvalue weighted by Crippen LogP contribution is 2.45. The van der Waals surface area contributed by atoms with Crippen LogP contribution in [0.2, 0.25) is 0 Å². The molecule has 5 N–H and O–H groups in total. The molecule has 1 aliphatic carbocycles. The molecule has 0 bridgehead atoms. The Balaban J connectivity index is 2.42. The van der Waals surface area contributed by atoms with Crippen LogP contribution >= 0.6 is 11.8 Å². The van der Waals surface area contributed by atoms with Gasteiger partial charge in [-0.15, -0.1) is 11.8 Å². The standard InChI is InChI=1S/C16H24N2O2S/c1-3-16(4-2)12-8-11(19)6-5-10(12)7-13(15(16)18)21-9-14(17)20/h5-6,8,13,15,19H,3-4,7,9,18H2,1-2H3,(H2,17,20)/t13-,15+/m1/s1. The zero-order chi connectivity index (χ0) is 15.6. The summed E-state index contributed by atoms with van der Waals surface area (Å²) in [6.07, 6.45) is 2.64. The maximum absolute atomic E-state index is 11.1. The number of amides is 1. The zero-order valence-corrected chi connectivity index (χ0v) is 13.5. The molecule has 0 radical (unpaired) electrons. The number of aromatic hydroxyl groups is 1. The quantitative estimate of drug-likeness (QED) is 0.775. The van der Waals surface area contributed by atoms with E-state index in [4.69, 9.17) is 11.5 Å². The van der Waals surface area contributed by atoms with Crippen molar-refractivity contribution in [3.63, 3.8) is 0 Å². The summed E-state index contributed by atoms with van der Waals surface area (Å²) in [6, 6.07) is 5.51. The van der Waals surface area contributed by atoms with Gasteiger partial charge in [0.05, 0.1) is 5.75 Å². The van der Waals surface area contributed by atoms with E-state index in [1.165, 1.54) is 5.56 Å². The number of hydrogen-bond acceptors (Lipinski definition) is 4. The van der Waals surface area contributed by atoms with Gasteiger partial charge in [0.15, 0.2) is 0 Å². The van der Waals surface area contributed by atoms with Gasteiger partial charge in [0, 0.05) is 16.7 Å². The lowest BCUT2D eigenvalue weighted by atomic mass is 9.63. The number of phenolic OH excluding ortho intramolecular Hbond substituents is 1. The van der Waals surface area contributed by atoms with Crippen LogP contribution in [-0.4, -0.2) is 28.1 Å². The highest BCUT2D eigenvalue weighted by atomic mass is 32.2. The van der Waals surface area contributed by atoms with E-state index < -0.39 is 0 Å². The van der Waals surface area contributed by atoms with E-state index in [0.717, 1.165) is 24.8 Å². The molecule has 0 spiro atoms. The third-order valence-corrected chi connectivity index (χ3v) is 6.13. The smallest absolute Gasteiger partial charge is 0.227 e. The van der Waals surface area contributed by atoms with Crippen LogP contribution in [0.15, 0.2) is 18.2 Å². The lowest BCUT2D eigenvalue weighted by molar-refractivity contribution is -0.115. The number of fused-ring (bicyclic) bond motifs is 1. The fraction of sp³-hybridized carbons (Fsp3) is 0.562. The molecule has 2 atom stereocenters. The van der Waals surface area contributed by atoms with Crippen molar-refractivity contribution in [2.45, 2.75) is 49.8 Å². The summed E-state index contributed by atoms with van der Waals surface area (Å²) in [5.41, 5.74) is 14.1. The number of rotatable bonds is 5. The molecule has 21 heavy (non-hydrogen) atoms. The van der Waals surface area contributed by atoms with E-state index in [-0.39, 0.29) is 28.4 Å². The van der Waals surface area contributed by atoms with Crippen LogP contribution in [-0.2, 0) is 16.6 Å². The molecule has 0 saturated heterocycles. The first-order valence-corrected chi connectivity index (χ1v) is 8.47. The lowest BCUT2D eigenvalue weighted by Crippen LogP contribution is -2.55. The minimum absolute atomic E-state index is 0.0499. The molecule has 116 valence electrons. The second kappa shape index (κ2) is 6.28. The van der Waals surface area contributed by atoms with Gasteiger partial charge < -0.3 is 16.6 Å². The van der Waals surface area contributed by atoms with Crippen molar-refractivity contribution in [1.29, 1.82) is 0 Å². The molecule has 0 saturated carbocycles. The molecule has 4 nitrogen and oxygen atoms in total. The van der Waals surface area contributed by atoms with E-state index in [2.05, 4.69) is 13.8 Å². The summed E-state index contributed by atoms with van der Waals surface area (Å²) in [4.78, 5) is 11.1. The van der Waals surface area contributed by atoms with Crippen LogP contribution in [0.25, 0.3) is 0 Å². The highest BCUT2D eigenvalue weighted by molar-refractivity contribution is 8.00. The van der Waals surface area contributed by atoms with Crippen LogP contribution < -0.4 is 11.5 Å². The van der Waals surface area contributed by atoms with E-state index in [1.54, 1.807) is 17.8 Å². The number of phenols is 1. The number of carbonyl (C=O) groups is 1. The van der Waals surface area contributed by atoms with Gasteiger partial charge in [-0.05, 0) is 42.5 Å². The van der Waals surface area contributed by atoms with Gasteiger partial charge in [0.1, 0.15) is 5.75 Å². The molecule has 0 aromatic heterocycles. The fourth-order valence-electron chi connectivity index (χ4n) is 3.54. The molecule has 1 aliphatic rings. The molecule has 1 aromatic rings. The molecule has 1 aromatic carbocycles. The zero-order valence-electron chi connectivity index (χ0n) is 12.6. The summed E-state index contributed by atoms with van der Waals surface area (Å²) >= 11 is 1.55. The van der Waals surface area contributed by atoms with Crippen molar-refractivity contribution >= 4 is 17.7 Å². The molecule has 0 aliphatic heterocycles. The van der Waals surface area contributed by atoms with Gasteiger partial charge in [-0.3, -0.25) is 4.79 Å². The number of carbonyl (C=O) groups excluding carboxylic acids is 1. The normalized spacial score (nSPS) is 23.6. The predicted molar refractivity (Wildman–Crippen MR) is 87.5 cm³/mol. The fourth-order valence-corrected chi connectivity index (χ4v) is 4.68. The highest BCUT2D eigenvalue weighted by Gasteiger charge is 2.44. The molecule has 0 heterocycles. The van der Waals surface area contributed by atoms with Gasteiger partial charge in [-0.25, -0.2) is 0 Å². The second-order valence-electron chi connectivity index (χ2n) is 5.75. The van der Waals surface area contributed by atoms with Crippen molar-refractivity contribution in [2.75, 3.05) is 5.75 Å². The van der Waals surface area contributed by atoms with Gasteiger partial charge in [0.2, 0.25) is 5.91 Å². The summed E-state index contributed by atoms with van der Waals surface area (Å²) in [5.74, 6) is 0.285. The molecular formula is C16H24N2O2S.